The molecule has 2 N–H and O–H groups in total. The first kappa shape index (κ1) is 16.6. The summed E-state index contributed by atoms with van der Waals surface area (Å²) in [6, 6.07) is 4.49. The molecular weight excluding hydrogens is 276 g/mol. The molecule has 0 aliphatic heterocycles. The number of nitro groups is 1. The smallest absolute Gasteiger partial charge is 0.330 e. The standard InChI is InChI=1S/C14H18N2O5/c1-14(2,18)9-15-11-6-4-10(5-7-13(17)21-3)8-12(11)16(19)20/h4-8,15,18H,9H2,1-3H3. The highest BCUT2D eigenvalue weighted by molar-refractivity contribution is 5.87. The predicted octanol–water partition coefficient (Wildman–Crippen LogP) is 1.96. The van der Waals surface area contributed by atoms with Crippen molar-refractivity contribution in [3.63, 3.8) is 0 Å². The molecule has 0 radical (unpaired) electrons. The Kier molecular flexibility index (Phi) is 5.43. The quantitative estimate of drug-likeness (QED) is 0.360. The number of hydrogen-bond acceptors (Lipinski definition) is 6. The Morgan fingerprint density at radius 1 is 1.52 bits per heavy atom. The second-order valence-electron chi connectivity index (χ2n) is 5.06. The van der Waals surface area contributed by atoms with Crippen LogP contribution < -0.4 is 5.32 Å². The molecule has 0 bridgehead atoms. The van der Waals surface area contributed by atoms with Crippen molar-refractivity contribution in [2.45, 2.75) is 19.4 Å². The second-order valence-corrected chi connectivity index (χ2v) is 5.06. The molecule has 1 aromatic rings. The van der Waals surface area contributed by atoms with E-state index in [1.54, 1.807) is 19.9 Å². The molecule has 0 aliphatic carbocycles. The molecule has 0 heterocycles. The lowest BCUT2D eigenvalue weighted by molar-refractivity contribution is -0.384. The molecule has 0 amide bonds. The number of ether oxygens (including phenoxy) is 1. The van der Waals surface area contributed by atoms with E-state index in [1.165, 1.54) is 31.4 Å². The van der Waals surface area contributed by atoms with E-state index < -0.39 is 16.5 Å². The largest absolute Gasteiger partial charge is 0.466 e. The van der Waals surface area contributed by atoms with E-state index in [0.717, 1.165) is 0 Å². The van der Waals surface area contributed by atoms with Crippen LogP contribution >= 0.6 is 0 Å². The fourth-order valence-electron chi connectivity index (χ4n) is 1.50. The number of nitrogens with one attached hydrogen (secondary N) is 1. The molecule has 0 spiro atoms. The molecule has 0 aromatic heterocycles. The van der Waals surface area contributed by atoms with Crippen molar-refractivity contribution in [1.82, 2.24) is 0 Å². The van der Waals surface area contributed by atoms with Gasteiger partial charge in [0, 0.05) is 18.7 Å². The lowest BCUT2D eigenvalue weighted by Crippen LogP contribution is -2.29. The Labute approximate surface area is 122 Å². The lowest BCUT2D eigenvalue weighted by Gasteiger charge is -2.18. The molecule has 0 atom stereocenters. The van der Waals surface area contributed by atoms with Gasteiger partial charge >= 0.3 is 5.97 Å². The number of aliphatic hydroxyl groups is 1. The summed E-state index contributed by atoms with van der Waals surface area (Å²) in [4.78, 5) is 21.6. The number of carbonyl (C=O) groups excluding carboxylic acids is 1. The minimum Gasteiger partial charge on any atom is -0.466 e. The highest BCUT2D eigenvalue weighted by Crippen LogP contribution is 2.26. The number of rotatable bonds is 6. The molecule has 0 saturated carbocycles. The zero-order chi connectivity index (χ0) is 16.0. The van der Waals surface area contributed by atoms with Crippen LogP contribution in [0.15, 0.2) is 24.3 Å². The number of carbonyl (C=O) groups is 1. The monoisotopic (exact) mass is 294 g/mol. The number of methoxy groups -OCH3 is 1. The molecule has 7 heteroatoms. The first-order valence-corrected chi connectivity index (χ1v) is 6.23. The Morgan fingerprint density at radius 2 is 2.19 bits per heavy atom. The van der Waals surface area contributed by atoms with Crippen molar-refractivity contribution in [3.05, 3.63) is 40.0 Å². The highest BCUT2D eigenvalue weighted by atomic mass is 16.6. The van der Waals surface area contributed by atoms with Gasteiger partial charge in [0.25, 0.3) is 5.69 Å². The van der Waals surface area contributed by atoms with E-state index in [2.05, 4.69) is 10.1 Å². The third kappa shape index (κ3) is 5.62. The molecule has 1 rings (SSSR count). The van der Waals surface area contributed by atoms with Gasteiger partial charge in [0.05, 0.1) is 17.6 Å². The summed E-state index contributed by atoms with van der Waals surface area (Å²) < 4.78 is 4.45. The van der Waals surface area contributed by atoms with Crippen LogP contribution in [0.25, 0.3) is 6.08 Å². The Morgan fingerprint density at radius 3 is 2.71 bits per heavy atom. The maximum absolute atomic E-state index is 11.1. The zero-order valence-electron chi connectivity index (χ0n) is 12.1. The second kappa shape index (κ2) is 6.85. The van der Waals surface area contributed by atoms with Gasteiger partial charge in [0.15, 0.2) is 0 Å². The van der Waals surface area contributed by atoms with Gasteiger partial charge in [0.2, 0.25) is 0 Å². The third-order valence-electron chi connectivity index (χ3n) is 2.54. The number of nitrogens with zero attached hydrogens (tertiary/aromatic N) is 1. The first-order valence-electron chi connectivity index (χ1n) is 6.23. The number of esters is 1. The van der Waals surface area contributed by atoms with E-state index in [9.17, 15) is 20.0 Å². The molecule has 0 unspecified atom stereocenters. The van der Waals surface area contributed by atoms with E-state index in [0.29, 0.717) is 11.3 Å². The molecule has 0 aliphatic rings. The number of hydrogen-bond donors (Lipinski definition) is 2. The summed E-state index contributed by atoms with van der Waals surface area (Å²) in [7, 11) is 1.25. The van der Waals surface area contributed by atoms with Crippen molar-refractivity contribution in [2.24, 2.45) is 0 Å². The normalized spacial score (nSPS) is 11.4. The third-order valence-corrected chi connectivity index (χ3v) is 2.54. The lowest BCUT2D eigenvalue weighted by atomic mass is 10.1. The van der Waals surface area contributed by atoms with E-state index in [1.807, 2.05) is 0 Å². The topological polar surface area (TPSA) is 102 Å². The van der Waals surface area contributed by atoms with Crippen molar-refractivity contribution >= 4 is 23.4 Å². The van der Waals surface area contributed by atoms with Crippen molar-refractivity contribution in [3.8, 4) is 0 Å². The van der Waals surface area contributed by atoms with Gasteiger partial charge in [-0.2, -0.15) is 0 Å². The van der Waals surface area contributed by atoms with Gasteiger partial charge in [-0.25, -0.2) is 4.79 Å². The highest BCUT2D eigenvalue weighted by Gasteiger charge is 2.17. The molecule has 0 saturated heterocycles. The summed E-state index contributed by atoms with van der Waals surface area (Å²) in [6.07, 6.45) is 2.61. The minimum absolute atomic E-state index is 0.133. The van der Waals surface area contributed by atoms with E-state index >= 15 is 0 Å². The van der Waals surface area contributed by atoms with Crippen LogP contribution in [-0.4, -0.2) is 35.3 Å². The van der Waals surface area contributed by atoms with Crippen LogP contribution in [0.1, 0.15) is 19.4 Å². The van der Waals surface area contributed by atoms with Crippen LogP contribution in [-0.2, 0) is 9.53 Å². The maximum Gasteiger partial charge on any atom is 0.330 e. The van der Waals surface area contributed by atoms with Crippen LogP contribution in [0.3, 0.4) is 0 Å². The van der Waals surface area contributed by atoms with Gasteiger partial charge < -0.3 is 15.2 Å². The fraction of sp³-hybridized carbons (Fsp3) is 0.357. The average Bonchev–Trinajstić information content (AvgIpc) is 2.41. The fourth-order valence-corrected chi connectivity index (χ4v) is 1.50. The summed E-state index contributed by atoms with van der Waals surface area (Å²) in [5.74, 6) is -0.540. The van der Waals surface area contributed by atoms with Crippen LogP contribution in [0.4, 0.5) is 11.4 Å². The average molecular weight is 294 g/mol. The van der Waals surface area contributed by atoms with Gasteiger partial charge in [-0.3, -0.25) is 10.1 Å². The zero-order valence-corrected chi connectivity index (χ0v) is 12.1. The van der Waals surface area contributed by atoms with Crippen molar-refractivity contribution in [1.29, 1.82) is 0 Å². The van der Waals surface area contributed by atoms with E-state index in [-0.39, 0.29) is 12.2 Å². The number of benzene rings is 1. The molecule has 0 fully saturated rings. The molecular formula is C14H18N2O5. The van der Waals surface area contributed by atoms with Crippen LogP contribution in [0.2, 0.25) is 0 Å². The minimum atomic E-state index is -0.989. The molecule has 114 valence electrons. The van der Waals surface area contributed by atoms with Gasteiger partial charge in [-0.05, 0) is 31.6 Å². The number of anilines is 1. The van der Waals surface area contributed by atoms with Crippen molar-refractivity contribution < 1.29 is 19.6 Å². The molecule has 7 nitrogen and oxygen atoms in total. The summed E-state index contributed by atoms with van der Waals surface area (Å²) >= 11 is 0. The van der Waals surface area contributed by atoms with Gasteiger partial charge in [-0.15, -0.1) is 0 Å². The first-order chi connectivity index (χ1) is 9.73. The van der Waals surface area contributed by atoms with Gasteiger partial charge in [0.1, 0.15) is 5.69 Å². The predicted molar refractivity (Wildman–Crippen MR) is 78.9 cm³/mol. The summed E-state index contributed by atoms with van der Waals surface area (Å²) in [5, 5.41) is 23.6. The number of nitro benzene ring substituents is 1. The SMILES string of the molecule is COC(=O)C=Cc1ccc(NCC(C)(C)O)c([N+](=O)[O-])c1. The van der Waals surface area contributed by atoms with Crippen molar-refractivity contribution in [2.75, 3.05) is 19.0 Å². The molecule has 1 aromatic carbocycles. The Balaban J connectivity index is 2.99. The summed E-state index contributed by atoms with van der Waals surface area (Å²) in [5.41, 5.74) is -0.318. The van der Waals surface area contributed by atoms with Crippen LogP contribution in [0.5, 0.6) is 0 Å². The maximum atomic E-state index is 11.1. The Hall–Kier alpha value is -2.41. The molecule has 21 heavy (non-hydrogen) atoms. The Bertz CT molecular complexity index is 561. The van der Waals surface area contributed by atoms with Gasteiger partial charge in [-0.1, -0.05) is 6.07 Å². The van der Waals surface area contributed by atoms with E-state index in [4.69, 9.17) is 0 Å². The van der Waals surface area contributed by atoms with Crippen LogP contribution in [0, 0.1) is 10.1 Å². The summed E-state index contributed by atoms with van der Waals surface area (Å²) in [6.45, 7) is 3.36.